The molecular weight excluding hydrogens is 232 g/mol. The van der Waals surface area contributed by atoms with Crippen LogP contribution in [0.3, 0.4) is 0 Å². The molecule has 94 valence electrons. The minimum absolute atomic E-state index is 0.157. The second kappa shape index (κ2) is 5.92. The monoisotopic (exact) mass is 246 g/mol. The lowest BCUT2D eigenvalue weighted by atomic mass is 10.2. The molecule has 6 nitrogen and oxygen atoms in total. The molecule has 0 aliphatic carbocycles. The Balaban J connectivity index is 1.85. The van der Waals surface area contributed by atoms with Crippen LogP contribution < -0.4 is 5.32 Å². The average molecular weight is 246 g/mol. The summed E-state index contributed by atoms with van der Waals surface area (Å²) in [6.45, 7) is 1.94. The second-order valence-corrected chi connectivity index (χ2v) is 3.83. The molecular formula is C12H14N4O2. The van der Waals surface area contributed by atoms with Crippen LogP contribution in [0.25, 0.3) is 0 Å². The molecule has 1 aromatic heterocycles. The quantitative estimate of drug-likeness (QED) is 0.477. The summed E-state index contributed by atoms with van der Waals surface area (Å²) in [6, 6.07) is 8.62. The first-order valence-corrected chi connectivity index (χ1v) is 5.68. The summed E-state index contributed by atoms with van der Waals surface area (Å²) in [6.07, 6.45) is 3.61. The first-order valence-electron chi connectivity index (χ1n) is 5.68. The van der Waals surface area contributed by atoms with Gasteiger partial charge in [-0.3, -0.25) is 14.8 Å². The van der Waals surface area contributed by atoms with Gasteiger partial charge in [0.2, 0.25) is 0 Å². The van der Waals surface area contributed by atoms with Gasteiger partial charge in [0, 0.05) is 37.1 Å². The third kappa shape index (κ3) is 3.14. The molecule has 2 rings (SSSR count). The minimum atomic E-state index is -0.357. The minimum Gasteiger partial charge on any atom is -0.311 e. The van der Waals surface area contributed by atoms with Crippen molar-refractivity contribution in [2.75, 3.05) is 6.54 Å². The van der Waals surface area contributed by atoms with Crippen LogP contribution in [0.15, 0.2) is 42.7 Å². The van der Waals surface area contributed by atoms with E-state index in [0.29, 0.717) is 18.7 Å². The zero-order valence-corrected chi connectivity index (χ0v) is 9.82. The summed E-state index contributed by atoms with van der Waals surface area (Å²) in [5.41, 5.74) is 0.854. The largest absolute Gasteiger partial charge is 0.311 e. The van der Waals surface area contributed by atoms with E-state index in [4.69, 9.17) is 0 Å². The summed E-state index contributed by atoms with van der Waals surface area (Å²) in [5.74, 6) is 0. The van der Waals surface area contributed by atoms with E-state index in [9.17, 15) is 10.1 Å². The maximum Gasteiger partial charge on any atom is 0.273 e. The molecule has 0 amide bonds. The Kier molecular flexibility index (Phi) is 4.03. The molecule has 0 aliphatic rings. The third-order valence-corrected chi connectivity index (χ3v) is 2.58. The molecule has 0 bridgehead atoms. The summed E-state index contributed by atoms with van der Waals surface area (Å²) in [5, 5.41) is 18.0. The van der Waals surface area contributed by atoms with Crippen LogP contribution in [0.1, 0.15) is 5.56 Å². The summed E-state index contributed by atoms with van der Waals surface area (Å²) >= 11 is 0. The van der Waals surface area contributed by atoms with E-state index in [1.165, 1.54) is 6.07 Å². The van der Waals surface area contributed by atoms with E-state index in [-0.39, 0.29) is 10.6 Å². The number of nitro benzene ring substituents is 1. The van der Waals surface area contributed by atoms with Gasteiger partial charge in [-0.1, -0.05) is 18.2 Å². The Bertz CT molecular complexity index is 511. The van der Waals surface area contributed by atoms with Gasteiger partial charge < -0.3 is 5.32 Å². The lowest BCUT2D eigenvalue weighted by Crippen LogP contribution is -2.20. The van der Waals surface area contributed by atoms with Crippen molar-refractivity contribution in [3.8, 4) is 0 Å². The SMILES string of the molecule is O=[N+]([O-])c1ccccc1CNCCn1cccn1. The Morgan fingerprint density at radius 1 is 1.33 bits per heavy atom. The number of hydrogen-bond acceptors (Lipinski definition) is 4. The topological polar surface area (TPSA) is 73.0 Å². The van der Waals surface area contributed by atoms with E-state index >= 15 is 0 Å². The highest BCUT2D eigenvalue weighted by molar-refractivity contribution is 5.39. The fourth-order valence-electron chi connectivity index (χ4n) is 1.69. The molecule has 6 heteroatoms. The van der Waals surface area contributed by atoms with Crippen LogP contribution in [0.4, 0.5) is 5.69 Å². The zero-order valence-electron chi connectivity index (χ0n) is 9.82. The molecule has 0 saturated heterocycles. The first kappa shape index (κ1) is 12.3. The molecule has 0 saturated carbocycles. The van der Waals surface area contributed by atoms with Gasteiger partial charge in [0.15, 0.2) is 0 Å². The van der Waals surface area contributed by atoms with Gasteiger partial charge >= 0.3 is 0 Å². The smallest absolute Gasteiger partial charge is 0.273 e. The molecule has 0 radical (unpaired) electrons. The van der Waals surface area contributed by atoms with Crippen molar-refractivity contribution in [3.63, 3.8) is 0 Å². The van der Waals surface area contributed by atoms with Gasteiger partial charge in [-0.05, 0) is 6.07 Å². The Hall–Kier alpha value is -2.21. The molecule has 0 fully saturated rings. The molecule has 1 heterocycles. The first-order chi connectivity index (χ1) is 8.77. The van der Waals surface area contributed by atoms with Crippen LogP contribution in [-0.4, -0.2) is 21.2 Å². The summed E-state index contributed by atoms with van der Waals surface area (Å²) in [7, 11) is 0. The molecule has 0 spiro atoms. The van der Waals surface area contributed by atoms with Crippen molar-refractivity contribution in [1.29, 1.82) is 0 Å². The number of nitrogens with zero attached hydrogens (tertiary/aromatic N) is 3. The molecule has 0 unspecified atom stereocenters. The number of aromatic nitrogens is 2. The van der Waals surface area contributed by atoms with E-state index in [0.717, 1.165) is 6.54 Å². The van der Waals surface area contributed by atoms with Crippen molar-refractivity contribution in [1.82, 2.24) is 15.1 Å². The van der Waals surface area contributed by atoms with Crippen molar-refractivity contribution in [2.24, 2.45) is 0 Å². The molecule has 18 heavy (non-hydrogen) atoms. The molecule has 0 atom stereocenters. The van der Waals surface area contributed by atoms with E-state index < -0.39 is 0 Å². The molecule has 2 aromatic rings. The van der Waals surface area contributed by atoms with Gasteiger partial charge in [-0.25, -0.2) is 0 Å². The van der Waals surface area contributed by atoms with Gasteiger partial charge in [-0.2, -0.15) is 5.10 Å². The average Bonchev–Trinajstić information content (AvgIpc) is 2.88. The van der Waals surface area contributed by atoms with Gasteiger partial charge in [0.1, 0.15) is 0 Å². The fraction of sp³-hybridized carbons (Fsp3) is 0.250. The Morgan fingerprint density at radius 2 is 2.17 bits per heavy atom. The van der Waals surface area contributed by atoms with Crippen LogP contribution in [0.5, 0.6) is 0 Å². The Morgan fingerprint density at radius 3 is 2.89 bits per heavy atom. The fourth-order valence-corrected chi connectivity index (χ4v) is 1.69. The van der Waals surface area contributed by atoms with Crippen LogP contribution >= 0.6 is 0 Å². The summed E-state index contributed by atoms with van der Waals surface area (Å²) < 4.78 is 1.81. The second-order valence-electron chi connectivity index (χ2n) is 3.83. The maximum atomic E-state index is 10.8. The normalized spacial score (nSPS) is 10.4. The number of nitro groups is 1. The lowest BCUT2D eigenvalue weighted by Gasteiger charge is -2.05. The van der Waals surface area contributed by atoms with Crippen LogP contribution in [0.2, 0.25) is 0 Å². The number of benzene rings is 1. The number of rotatable bonds is 6. The van der Waals surface area contributed by atoms with Gasteiger partial charge in [0.25, 0.3) is 5.69 Å². The van der Waals surface area contributed by atoms with Gasteiger partial charge in [-0.15, -0.1) is 0 Å². The molecule has 0 aliphatic heterocycles. The van der Waals surface area contributed by atoms with Crippen molar-refractivity contribution in [3.05, 3.63) is 58.4 Å². The summed E-state index contributed by atoms with van der Waals surface area (Å²) in [4.78, 5) is 10.4. The van der Waals surface area contributed by atoms with Gasteiger partial charge in [0.05, 0.1) is 11.5 Å². The number of nitrogens with one attached hydrogen (secondary N) is 1. The standard InChI is InChI=1S/C12H14N4O2/c17-16(18)12-5-2-1-4-11(12)10-13-7-9-15-8-3-6-14-15/h1-6,8,13H,7,9-10H2. The van der Waals surface area contributed by atoms with E-state index in [1.54, 1.807) is 24.4 Å². The molecule has 1 aromatic carbocycles. The van der Waals surface area contributed by atoms with Crippen LogP contribution in [0, 0.1) is 10.1 Å². The van der Waals surface area contributed by atoms with Crippen molar-refractivity contribution < 1.29 is 4.92 Å². The number of hydrogen-bond donors (Lipinski definition) is 1. The highest BCUT2D eigenvalue weighted by Gasteiger charge is 2.10. The predicted octanol–water partition coefficient (Wildman–Crippen LogP) is 1.58. The highest BCUT2D eigenvalue weighted by Crippen LogP contribution is 2.16. The maximum absolute atomic E-state index is 10.8. The number of para-hydroxylation sites is 1. The predicted molar refractivity (Wildman–Crippen MR) is 67.0 cm³/mol. The third-order valence-electron chi connectivity index (χ3n) is 2.58. The Labute approximate surface area is 104 Å². The zero-order chi connectivity index (χ0) is 12.8. The molecule has 1 N–H and O–H groups in total. The van der Waals surface area contributed by atoms with Crippen LogP contribution in [-0.2, 0) is 13.1 Å². The van der Waals surface area contributed by atoms with Crippen molar-refractivity contribution >= 4 is 5.69 Å². The lowest BCUT2D eigenvalue weighted by molar-refractivity contribution is -0.385. The van der Waals surface area contributed by atoms with Crippen molar-refractivity contribution in [2.45, 2.75) is 13.1 Å². The van der Waals surface area contributed by atoms with E-state index in [1.807, 2.05) is 16.9 Å². The highest BCUT2D eigenvalue weighted by atomic mass is 16.6. The van der Waals surface area contributed by atoms with E-state index in [2.05, 4.69) is 10.4 Å².